The Morgan fingerprint density at radius 2 is 1.81 bits per heavy atom. The van der Waals surface area contributed by atoms with Crippen molar-refractivity contribution in [1.29, 1.82) is 0 Å². The number of aromatic amines is 1. The number of hydrogen-bond acceptors (Lipinski definition) is 5. The number of fused-ring (bicyclic) bond motifs is 1. The average Bonchev–Trinajstić information content (AvgIpc) is 3.42. The third-order valence-corrected chi connectivity index (χ3v) is 4.89. The number of carbonyl (C=O) groups is 1. The van der Waals surface area contributed by atoms with E-state index in [1.807, 2.05) is 48.5 Å². The van der Waals surface area contributed by atoms with Crippen LogP contribution in [-0.2, 0) is 6.54 Å². The second kappa shape index (κ2) is 7.38. The van der Waals surface area contributed by atoms with Crippen LogP contribution < -0.4 is 5.56 Å². The summed E-state index contributed by atoms with van der Waals surface area (Å²) in [7, 11) is 0. The van der Waals surface area contributed by atoms with Gasteiger partial charge in [-0.1, -0.05) is 54.6 Å². The molecule has 0 radical (unpaired) electrons. The summed E-state index contributed by atoms with van der Waals surface area (Å²) in [4.78, 5) is 30.6. The van der Waals surface area contributed by atoms with Gasteiger partial charge in [0.15, 0.2) is 5.52 Å². The minimum Gasteiger partial charge on any atom is -0.478 e. The molecular formula is C22H16N6O3. The van der Waals surface area contributed by atoms with E-state index in [0.29, 0.717) is 12.1 Å². The second-order valence-corrected chi connectivity index (χ2v) is 6.95. The highest BCUT2D eigenvalue weighted by Crippen LogP contribution is 2.24. The highest BCUT2D eigenvalue weighted by molar-refractivity contribution is 5.87. The van der Waals surface area contributed by atoms with Crippen LogP contribution in [0.5, 0.6) is 0 Å². The maximum absolute atomic E-state index is 12.5. The molecule has 0 unspecified atom stereocenters. The first-order chi connectivity index (χ1) is 15.1. The highest BCUT2D eigenvalue weighted by Gasteiger charge is 2.14. The second-order valence-electron chi connectivity index (χ2n) is 6.95. The van der Waals surface area contributed by atoms with Crippen molar-refractivity contribution in [2.75, 3.05) is 0 Å². The lowest BCUT2D eigenvalue weighted by atomic mass is 10.00. The Labute approximate surface area is 175 Å². The average molecular weight is 412 g/mol. The van der Waals surface area contributed by atoms with Gasteiger partial charge in [-0.25, -0.2) is 14.5 Å². The molecule has 0 atom stereocenters. The molecule has 3 heterocycles. The summed E-state index contributed by atoms with van der Waals surface area (Å²) >= 11 is 0. The lowest BCUT2D eigenvalue weighted by molar-refractivity contribution is 0.0697. The third kappa shape index (κ3) is 3.48. The van der Waals surface area contributed by atoms with Crippen molar-refractivity contribution in [2.24, 2.45) is 0 Å². The molecule has 5 rings (SSSR count). The molecule has 31 heavy (non-hydrogen) atoms. The smallest absolute Gasteiger partial charge is 0.338 e. The van der Waals surface area contributed by atoms with Crippen LogP contribution in [0.4, 0.5) is 0 Å². The molecule has 3 aromatic heterocycles. The minimum atomic E-state index is -1.11. The van der Waals surface area contributed by atoms with Crippen LogP contribution in [0.25, 0.3) is 28.1 Å². The van der Waals surface area contributed by atoms with Crippen LogP contribution in [0.1, 0.15) is 15.9 Å². The monoisotopic (exact) mass is 412 g/mol. The molecule has 0 amide bonds. The molecule has 0 saturated carbocycles. The van der Waals surface area contributed by atoms with Gasteiger partial charge in [0.25, 0.3) is 5.56 Å². The van der Waals surface area contributed by atoms with Crippen LogP contribution in [0, 0.1) is 0 Å². The fourth-order valence-electron chi connectivity index (χ4n) is 3.43. The maximum Gasteiger partial charge on any atom is 0.338 e. The first kappa shape index (κ1) is 18.5. The Morgan fingerprint density at radius 3 is 2.58 bits per heavy atom. The molecule has 5 aromatic rings. The van der Waals surface area contributed by atoms with Crippen molar-refractivity contribution >= 4 is 17.0 Å². The van der Waals surface area contributed by atoms with Gasteiger partial charge in [-0.2, -0.15) is 10.2 Å². The number of benzene rings is 2. The van der Waals surface area contributed by atoms with E-state index in [-0.39, 0.29) is 17.0 Å². The molecule has 0 spiro atoms. The first-order valence-electron chi connectivity index (χ1n) is 9.47. The minimum absolute atomic E-state index is 0.00374. The van der Waals surface area contributed by atoms with Gasteiger partial charge in [0.05, 0.1) is 24.5 Å². The van der Waals surface area contributed by atoms with E-state index in [1.54, 1.807) is 10.9 Å². The number of aromatic carboxylic acids is 1. The van der Waals surface area contributed by atoms with Gasteiger partial charge < -0.3 is 5.11 Å². The number of H-pyrrole nitrogens is 1. The topological polar surface area (TPSA) is 119 Å². The maximum atomic E-state index is 12.5. The number of hydrogen-bond donors (Lipinski definition) is 2. The molecule has 2 N–H and O–H groups in total. The zero-order valence-electron chi connectivity index (χ0n) is 16.1. The third-order valence-electron chi connectivity index (χ3n) is 4.89. The lowest BCUT2D eigenvalue weighted by Crippen LogP contribution is -2.14. The predicted molar refractivity (Wildman–Crippen MR) is 113 cm³/mol. The van der Waals surface area contributed by atoms with Crippen molar-refractivity contribution < 1.29 is 9.90 Å². The number of aromatic nitrogens is 6. The van der Waals surface area contributed by atoms with E-state index in [4.69, 9.17) is 5.11 Å². The largest absolute Gasteiger partial charge is 0.478 e. The summed E-state index contributed by atoms with van der Waals surface area (Å²) in [5.41, 5.74) is 3.40. The lowest BCUT2D eigenvalue weighted by Gasteiger charge is -2.09. The summed E-state index contributed by atoms with van der Waals surface area (Å²) in [6.07, 6.45) is 4.17. The fourth-order valence-corrected chi connectivity index (χ4v) is 3.43. The number of nitrogens with one attached hydrogen (secondary N) is 1. The number of rotatable bonds is 5. The summed E-state index contributed by atoms with van der Waals surface area (Å²) in [6, 6.07) is 18.1. The van der Waals surface area contributed by atoms with Crippen LogP contribution >= 0.6 is 0 Å². The molecule has 0 aliphatic heterocycles. The number of carboxylic acids is 1. The molecule has 9 nitrogen and oxygen atoms in total. The molecule has 0 aliphatic carbocycles. The van der Waals surface area contributed by atoms with E-state index >= 15 is 0 Å². The van der Waals surface area contributed by atoms with Crippen LogP contribution in [0.3, 0.4) is 0 Å². The van der Waals surface area contributed by atoms with E-state index in [2.05, 4.69) is 26.2 Å². The van der Waals surface area contributed by atoms with Gasteiger partial charge in [0, 0.05) is 6.20 Å². The zero-order valence-corrected chi connectivity index (χ0v) is 16.1. The van der Waals surface area contributed by atoms with Crippen LogP contribution in [-0.4, -0.2) is 40.6 Å². The van der Waals surface area contributed by atoms with Gasteiger partial charge in [-0.05, 0) is 16.7 Å². The van der Waals surface area contributed by atoms with E-state index in [0.717, 1.165) is 16.7 Å². The first-order valence-corrected chi connectivity index (χ1v) is 9.47. The Bertz CT molecular complexity index is 1470. The van der Waals surface area contributed by atoms with E-state index < -0.39 is 11.5 Å². The Balaban J connectivity index is 1.52. The Hall–Kier alpha value is -4.53. The summed E-state index contributed by atoms with van der Waals surface area (Å²) in [5, 5.41) is 17.4. The normalized spacial score (nSPS) is 11.1. The quantitative estimate of drug-likeness (QED) is 0.458. The standard InChI is InChI=1S/C22H16N6O3/c29-20-19-18(24-22(25-20)28-12-16(10-23-28)21(30)31)13-27(26-19)11-15-8-4-5-9-17(15)14-6-2-1-3-7-14/h1-10,12-13H,11H2,(H,30,31)(H,24,25,29). The fraction of sp³-hybridized carbons (Fsp3) is 0.0455. The van der Waals surface area contributed by atoms with Gasteiger partial charge >= 0.3 is 5.97 Å². The Morgan fingerprint density at radius 1 is 1.03 bits per heavy atom. The van der Waals surface area contributed by atoms with Crippen molar-refractivity contribution in [2.45, 2.75) is 6.54 Å². The molecule has 0 fully saturated rings. The van der Waals surface area contributed by atoms with Gasteiger partial charge in [0.1, 0.15) is 5.52 Å². The van der Waals surface area contributed by atoms with E-state index in [1.165, 1.54) is 17.1 Å². The van der Waals surface area contributed by atoms with Crippen molar-refractivity contribution in [3.63, 3.8) is 0 Å². The van der Waals surface area contributed by atoms with Crippen LogP contribution in [0.2, 0.25) is 0 Å². The molecule has 9 heteroatoms. The SMILES string of the molecule is O=C(O)c1cnn(-c2nc3cn(Cc4ccccc4-c4ccccc4)nc3c(=O)[nH]2)c1. The highest BCUT2D eigenvalue weighted by atomic mass is 16.4. The predicted octanol–water partition coefficient (Wildman–Crippen LogP) is 2.72. The van der Waals surface area contributed by atoms with Crippen molar-refractivity contribution in [3.8, 4) is 17.1 Å². The van der Waals surface area contributed by atoms with Crippen LogP contribution in [0.15, 0.2) is 78.0 Å². The molecule has 152 valence electrons. The van der Waals surface area contributed by atoms with Crippen molar-refractivity contribution in [1.82, 2.24) is 29.5 Å². The number of carboxylic acid groups (broad SMARTS) is 1. The summed E-state index contributed by atoms with van der Waals surface area (Å²) < 4.78 is 2.89. The molecule has 2 aromatic carbocycles. The molecule has 0 saturated heterocycles. The molecule has 0 bridgehead atoms. The Kier molecular flexibility index (Phi) is 4.40. The summed E-state index contributed by atoms with van der Waals surface area (Å²) in [6.45, 7) is 0.459. The van der Waals surface area contributed by atoms with Crippen molar-refractivity contribution in [3.05, 3.63) is 94.7 Å². The van der Waals surface area contributed by atoms with Gasteiger partial charge in [-0.15, -0.1) is 0 Å². The number of nitrogens with zero attached hydrogens (tertiary/aromatic N) is 5. The van der Waals surface area contributed by atoms with Gasteiger partial charge in [0.2, 0.25) is 5.95 Å². The molecule has 0 aliphatic rings. The molecular weight excluding hydrogens is 396 g/mol. The zero-order chi connectivity index (χ0) is 21.4. The van der Waals surface area contributed by atoms with E-state index in [9.17, 15) is 9.59 Å². The van der Waals surface area contributed by atoms with Gasteiger partial charge in [-0.3, -0.25) is 14.5 Å². The summed E-state index contributed by atoms with van der Waals surface area (Å²) in [5.74, 6) is -0.992.